The van der Waals surface area contributed by atoms with E-state index in [4.69, 9.17) is 18.9 Å². The first-order valence-corrected chi connectivity index (χ1v) is 9.25. The second-order valence-electron chi connectivity index (χ2n) is 5.68. The van der Waals surface area contributed by atoms with Gasteiger partial charge >= 0.3 is 5.97 Å². The average Bonchev–Trinajstić information content (AvgIpc) is 2.73. The summed E-state index contributed by atoms with van der Waals surface area (Å²) in [6.45, 7) is 2.80. The molecule has 0 heterocycles. The van der Waals surface area contributed by atoms with Gasteiger partial charge in [-0.3, -0.25) is 4.79 Å². The van der Waals surface area contributed by atoms with Gasteiger partial charge in [0.05, 0.1) is 25.2 Å². The lowest BCUT2D eigenvalue weighted by Gasteiger charge is -2.16. The van der Waals surface area contributed by atoms with Crippen LogP contribution in [0.4, 0.5) is 0 Å². The van der Waals surface area contributed by atoms with Gasteiger partial charge < -0.3 is 18.9 Å². The van der Waals surface area contributed by atoms with E-state index in [1.165, 1.54) is 0 Å². The van der Waals surface area contributed by atoms with Gasteiger partial charge in [0.15, 0.2) is 12.1 Å². The molecule has 0 N–H and O–H groups in total. The number of benzene rings is 2. The summed E-state index contributed by atoms with van der Waals surface area (Å²) < 4.78 is 21.2. The maximum atomic E-state index is 12.5. The van der Waals surface area contributed by atoms with Crippen LogP contribution in [0.5, 0.6) is 5.75 Å². The molecule has 2 rings (SSSR count). The molecule has 0 spiro atoms. The molecule has 0 aliphatic carbocycles. The van der Waals surface area contributed by atoms with E-state index in [9.17, 15) is 9.59 Å². The topological polar surface area (TPSA) is 71.1 Å². The summed E-state index contributed by atoms with van der Waals surface area (Å²) in [5.41, 5.74) is 1.17. The van der Waals surface area contributed by atoms with Crippen LogP contribution in [-0.2, 0) is 19.0 Å². The highest BCUT2D eigenvalue weighted by molar-refractivity contribution is 7.80. The molecule has 7 heteroatoms. The Labute approximate surface area is 169 Å². The number of thiocarbonyl (C=S) groups is 1. The molecule has 28 heavy (non-hydrogen) atoms. The van der Waals surface area contributed by atoms with E-state index in [0.29, 0.717) is 30.1 Å². The Morgan fingerprint density at radius 2 is 1.68 bits per heavy atom. The van der Waals surface area contributed by atoms with E-state index >= 15 is 0 Å². The van der Waals surface area contributed by atoms with Gasteiger partial charge in [-0.2, -0.15) is 0 Å². The second kappa shape index (κ2) is 12.0. The lowest BCUT2D eigenvalue weighted by molar-refractivity contribution is -0.136. The fraction of sp³-hybridized carbons (Fsp3) is 0.286. The molecule has 0 aliphatic heterocycles. The Hall–Kier alpha value is -2.61. The fourth-order valence-corrected chi connectivity index (χ4v) is 2.37. The van der Waals surface area contributed by atoms with E-state index in [-0.39, 0.29) is 19.0 Å². The molecular weight excluding hydrogens is 380 g/mol. The summed E-state index contributed by atoms with van der Waals surface area (Å²) in [4.78, 5) is 23.3. The first-order valence-electron chi connectivity index (χ1n) is 8.78. The first-order chi connectivity index (χ1) is 13.6. The van der Waals surface area contributed by atoms with Crippen molar-refractivity contribution in [2.24, 2.45) is 0 Å². The standard InChI is InChI=1S/C21H22O6S/c1-16(25-12-10-24-11-13-26-20(22)15-28)27-19-9-5-8-18(14-19)21(23)17-6-3-2-4-7-17/h2-9,14-16H,10-13H2,1H3. The molecular formula is C21H22O6S. The lowest BCUT2D eigenvalue weighted by Crippen LogP contribution is -2.20. The van der Waals surface area contributed by atoms with Gasteiger partial charge in [-0.05, 0) is 19.1 Å². The molecule has 0 aliphatic rings. The summed E-state index contributed by atoms with van der Waals surface area (Å²) in [5.74, 6) is -0.0745. The Balaban J connectivity index is 1.72. The lowest BCUT2D eigenvalue weighted by atomic mass is 10.0. The number of carbonyl (C=O) groups is 2. The normalized spacial score (nSPS) is 11.5. The number of esters is 1. The molecule has 0 saturated heterocycles. The van der Waals surface area contributed by atoms with E-state index in [1.54, 1.807) is 43.3 Å². The molecule has 1 unspecified atom stereocenters. The zero-order valence-corrected chi connectivity index (χ0v) is 16.4. The Kier molecular flexibility index (Phi) is 9.27. The van der Waals surface area contributed by atoms with Crippen LogP contribution in [0.1, 0.15) is 22.8 Å². The maximum Gasteiger partial charge on any atom is 0.341 e. The molecule has 0 aromatic heterocycles. The summed E-state index contributed by atoms with van der Waals surface area (Å²) >= 11 is 4.43. The Morgan fingerprint density at radius 1 is 0.964 bits per heavy atom. The second-order valence-corrected chi connectivity index (χ2v) is 5.91. The zero-order chi connectivity index (χ0) is 20.2. The van der Waals surface area contributed by atoms with Crippen LogP contribution >= 0.6 is 12.2 Å². The molecule has 0 fully saturated rings. The summed E-state index contributed by atoms with van der Waals surface area (Å²) in [6.07, 6.45) is -0.515. The van der Waals surface area contributed by atoms with Crippen LogP contribution in [0, 0.1) is 0 Å². The predicted octanol–water partition coefficient (Wildman–Crippen LogP) is 3.22. The molecule has 148 valence electrons. The monoisotopic (exact) mass is 402 g/mol. The van der Waals surface area contributed by atoms with Crippen molar-refractivity contribution in [3.63, 3.8) is 0 Å². The summed E-state index contributed by atoms with van der Waals surface area (Å²) in [7, 11) is 0. The number of ketones is 1. The van der Waals surface area contributed by atoms with Crippen LogP contribution in [0.3, 0.4) is 0 Å². The van der Waals surface area contributed by atoms with Crippen LogP contribution < -0.4 is 4.74 Å². The number of carbonyl (C=O) groups excluding carboxylic acids is 2. The van der Waals surface area contributed by atoms with Gasteiger partial charge in [-0.1, -0.05) is 54.7 Å². The highest BCUT2D eigenvalue weighted by Crippen LogP contribution is 2.18. The molecule has 0 bridgehead atoms. The minimum Gasteiger partial charge on any atom is -0.465 e. The Bertz CT molecular complexity index is 777. The summed E-state index contributed by atoms with van der Waals surface area (Å²) in [5, 5.41) is 0.935. The number of hydrogen-bond donors (Lipinski definition) is 0. The number of hydrogen-bond acceptors (Lipinski definition) is 7. The van der Waals surface area contributed by atoms with E-state index in [0.717, 1.165) is 5.37 Å². The third-order valence-electron chi connectivity index (χ3n) is 3.58. The van der Waals surface area contributed by atoms with Crippen molar-refractivity contribution >= 4 is 29.3 Å². The third kappa shape index (κ3) is 7.56. The van der Waals surface area contributed by atoms with Gasteiger partial charge in [0, 0.05) is 11.1 Å². The quantitative estimate of drug-likeness (QED) is 0.177. The van der Waals surface area contributed by atoms with Gasteiger partial charge in [0.2, 0.25) is 0 Å². The number of ether oxygens (including phenoxy) is 4. The highest BCUT2D eigenvalue weighted by Gasteiger charge is 2.11. The first kappa shape index (κ1) is 21.7. The van der Waals surface area contributed by atoms with Gasteiger partial charge in [-0.15, -0.1) is 0 Å². The van der Waals surface area contributed by atoms with Gasteiger partial charge in [0.25, 0.3) is 0 Å². The van der Waals surface area contributed by atoms with Crippen molar-refractivity contribution in [1.82, 2.24) is 0 Å². The largest absolute Gasteiger partial charge is 0.465 e. The van der Waals surface area contributed by atoms with Crippen molar-refractivity contribution in [2.75, 3.05) is 26.4 Å². The van der Waals surface area contributed by atoms with E-state index in [1.807, 2.05) is 18.2 Å². The van der Waals surface area contributed by atoms with Gasteiger partial charge in [-0.25, -0.2) is 4.79 Å². The van der Waals surface area contributed by atoms with Crippen molar-refractivity contribution in [3.05, 3.63) is 65.7 Å². The van der Waals surface area contributed by atoms with Crippen molar-refractivity contribution in [3.8, 4) is 5.75 Å². The van der Waals surface area contributed by atoms with Gasteiger partial charge in [0.1, 0.15) is 12.4 Å². The molecule has 0 radical (unpaired) electrons. The molecule has 0 amide bonds. The third-order valence-corrected chi connectivity index (χ3v) is 3.78. The van der Waals surface area contributed by atoms with Crippen LogP contribution in [0.15, 0.2) is 54.6 Å². The van der Waals surface area contributed by atoms with Crippen LogP contribution in [-0.4, -0.2) is 49.8 Å². The smallest absolute Gasteiger partial charge is 0.341 e. The molecule has 0 saturated carbocycles. The van der Waals surface area contributed by atoms with E-state index < -0.39 is 12.3 Å². The minimum atomic E-state index is -0.551. The van der Waals surface area contributed by atoms with Crippen molar-refractivity contribution in [1.29, 1.82) is 0 Å². The SMILES string of the molecule is CC(OCCOCCOC(=O)C=S)Oc1cccc(C(=O)c2ccccc2)c1. The fourth-order valence-electron chi connectivity index (χ4n) is 2.30. The molecule has 1 atom stereocenters. The average molecular weight is 402 g/mol. The minimum absolute atomic E-state index is 0.0673. The molecule has 6 nitrogen and oxygen atoms in total. The Morgan fingerprint density at radius 3 is 2.43 bits per heavy atom. The zero-order valence-electron chi connectivity index (χ0n) is 15.5. The molecule has 2 aromatic carbocycles. The molecule has 2 aromatic rings. The van der Waals surface area contributed by atoms with Crippen LogP contribution in [0.2, 0.25) is 0 Å². The summed E-state index contributed by atoms with van der Waals surface area (Å²) in [6, 6.07) is 16.0. The highest BCUT2D eigenvalue weighted by atomic mass is 32.1. The maximum absolute atomic E-state index is 12.5. The van der Waals surface area contributed by atoms with E-state index in [2.05, 4.69) is 12.2 Å². The van der Waals surface area contributed by atoms with Crippen molar-refractivity contribution in [2.45, 2.75) is 13.2 Å². The predicted molar refractivity (Wildman–Crippen MR) is 108 cm³/mol. The number of rotatable bonds is 12. The van der Waals surface area contributed by atoms with Crippen LogP contribution in [0.25, 0.3) is 0 Å². The van der Waals surface area contributed by atoms with Crippen molar-refractivity contribution < 1.29 is 28.5 Å².